The van der Waals surface area contributed by atoms with E-state index in [9.17, 15) is 0 Å². The van der Waals surface area contributed by atoms with Crippen molar-refractivity contribution in [2.75, 3.05) is 18.5 Å². The Labute approximate surface area is 104 Å². The van der Waals surface area contributed by atoms with E-state index >= 15 is 0 Å². The molecule has 0 aliphatic carbocycles. The number of anilines is 1. The van der Waals surface area contributed by atoms with Gasteiger partial charge in [0.1, 0.15) is 0 Å². The van der Waals surface area contributed by atoms with Gasteiger partial charge in [0.05, 0.1) is 17.3 Å². The summed E-state index contributed by atoms with van der Waals surface area (Å²) < 4.78 is 6.30. The minimum atomic E-state index is 0.562. The van der Waals surface area contributed by atoms with Gasteiger partial charge in [-0.15, -0.1) is 6.58 Å². The molecule has 1 heterocycles. The zero-order valence-electron chi connectivity index (χ0n) is 9.59. The second-order valence-electron chi connectivity index (χ2n) is 3.43. The highest BCUT2D eigenvalue weighted by Crippen LogP contribution is 2.22. The van der Waals surface area contributed by atoms with Crippen molar-refractivity contribution in [1.82, 2.24) is 9.97 Å². The zero-order chi connectivity index (χ0) is 12.0. The average Bonchev–Trinajstić information content (AvgIpc) is 2.22. The summed E-state index contributed by atoms with van der Waals surface area (Å²) in [6, 6.07) is 0. The summed E-state index contributed by atoms with van der Waals surface area (Å²) in [5, 5.41) is 3.03. The van der Waals surface area contributed by atoms with Crippen molar-refractivity contribution in [2.45, 2.75) is 20.3 Å². The molecule has 0 saturated carbocycles. The third-order valence-corrected chi connectivity index (χ3v) is 2.36. The summed E-state index contributed by atoms with van der Waals surface area (Å²) in [4.78, 5) is 8.34. The van der Waals surface area contributed by atoms with E-state index in [2.05, 4.69) is 37.8 Å². The first-order valence-electron chi connectivity index (χ1n) is 5.17. The van der Waals surface area contributed by atoms with E-state index in [4.69, 9.17) is 4.74 Å². The van der Waals surface area contributed by atoms with Crippen LogP contribution in [-0.4, -0.2) is 23.1 Å². The Kier molecular flexibility index (Phi) is 5.25. The molecule has 4 nitrogen and oxygen atoms in total. The molecule has 88 valence electrons. The predicted octanol–water partition coefficient (Wildman–Crippen LogP) is 3.02. The molecule has 1 aromatic heterocycles. The van der Waals surface area contributed by atoms with Crippen LogP contribution in [0.4, 0.5) is 5.95 Å². The molecule has 5 heteroatoms. The van der Waals surface area contributed by atoms with Crippen molar-refractivity contribution >= 4 is 21.9 Å². The molecule has 0 amide bonds. The second-order valence-corrected chi connectivity index (χ2v) is 4.29. The van der Waals surface area contributed by atoms with Gasteiger partial charge in [-0.05, 0) is 29.8 Å². The summed E-state index contributed by atoms with van der Waals surface area (Å²) in [5.74, 6) is 1.14. The lowest BCUT2D eigenvalue weighted by Crippen LogP contribution is -2.05. The Balaban J connectivity index is 2.62. The van der Waals surface area contributed by atoms with Crippen LogP contribution in [0, 0.1) is 0 Å². The molecular weight excluding hydrogens is 270 g/mol. The lowest BCUT2D eigenvalue weighted by Gasteiger charge is -2.08. The molecule has 1 rings (SSSR count). The van der Waals surface area contributed by atoms with Crippen molar-refractivity contribution in [1.29, 1.82) is 0 Å². The highest BCUT2D eigenvalue weighted by atomic mass is 79.9. The summed E-state index contributed by atoms with van der Waals surface area (Å²) in [6.45, 7) is 9.15. The predicted molar refractivity (Wildman–Crippen MR) is 68.8 cm³/mol. The highest BCUT2D eigenvalue weighted by Gasteiger charge is 2.05. The maximum absolute atomic E-state index is 5.54. The summed E-state index contributed by atoms with van der Waals surface area (Å²) in [5.41, 5.74) is 1.09. The fraction of sp³-hybridized carbons (Fsp3) is 0.455. The summed E-state index contributed by atoms with van der Waals surface area (Å²) in [6.07, 6.45) is 2.51. The smallest absolute Gasteiger partial charge is 0.232 e. The van der Waals surface area contributed by atoms with Crippen LogP contribution < -0.4 is 10.1 Å². The molecule has 0 aromatic carbocycles. The van der Waals surface area contributed by atoms with Gasteiger partial charge in [-0.1, -0.05) is 5.57 Å². The minimum absolute atomic E-state index is 0.562. The van der Waals surface area contributed by atoms with Crippen LogP contribution >= 0.6 is 15.9 Å². The SMILES string of the molecule is C=C(C)CCOc1nc(NCC)ncc1Br. The maximum atomic E-state index is 5.54. The molecule has 0 spiro atoms. The van der Waals surface area contributed by atoms with E-state index in [1.165, 1.54) is 0 Å². The Hall–Kier alpha value is -1.10. The van der Waals surface area contributed by atoms with Gasteiger partial charge >= 0.3 is 0 Å². The number of hydrogen-bond acceptors (Lipinski definition) is 4. The number of ether oxygens (including phenoxy) is 1. The van der Waals surface area contributed by atoms with Crippen LogP contribution in [0.15, 0.2) is 22.8 Å². The Morgan fingerprint density at radius 1 is 1.62 bits per heavy atom. The van der Waals surface area contributed by atoms with Gasteiger partial charge in [0.2, 0.25) is 11.8 Å². The van der Waals surface area contributed by atoms with E-state index in [1.54, 1.807) is 6.20 Å². The van der Waals surface area contributed by atoms with Gasteiger partial charge in [-0.2, -0.15) is 4.98 Å². The molecule has 0 fully saturated rings. The quantitative estimate of drug-likeness (QED) is 0.817. The van der Waals surface area contributed by atoms with Crippen LogP contribution in [0.2, 0.25) is 0 Å². The Bertz CT molecular complexity index is 368. The largest absolute Gasteiger partial charge is 0.476 e. The lowest BCUT2D eigenvalue weighted by atomic mass is 10.3. The van der Waals surface area contributed by atoms with Gasteiger partial charge in [0, 0.05) is 13.0 Å². The lowest BCUT2D eigenvalue weighted by molar-refractivity contribution is 0.307. The van der Waals surface area contributed by atoms with Crippen LogP contribution in [-0.2, 0) is 0 Å². The van der Waals surface area contributed by atoms with Gasteiger partial charge < -0.3 is 10.1 Å². The van der Waals surface area contributed by atoms with Crippen LogP contribution in [0.5, 0.6) is 5.88 Å². The standard InChI is InChI=1S/C11H16BrN3O/c1-4-13-11-14-7-9(12)10(15-11)16-6-5-8(2)3/h7H,2,4-6H2,1,3H3,(H,13,14,15). The zero-order valence-corrected chi connectivity index (χ0v) is 11.2. The Morgan fingerprint density at radius 3 is 3.00 bits per heavy atom. The number of rotatable bonds is 6. The maximum Gasteiger partial charge on any atom is 0.232 e. The number of nitrogens with zero attached hydrogens (tertiary/aromatic N) is 2. The van der Waals surface area contributed by atoms with E-state index in [0.29, 0.717) is 18.4 Å². The minimum Gasteiger partial charge on any atom is -0.476 e. The van der Waals surface area contributed by atoms with Gasteiger partial charge in [-0.25, -0.2) is 4.98 Å². The van der Waals surface area contributed by atoms with Crippen molar-refractivity contribution in [3.05, 3.63) is 22.8 Å². The van der Waals surface area contributed by atoms with Gasteiger partial charge in [0.15, 0.2) is 0 Å². The molecule has 0 aliphatic rings. The third kappa shape index (κ3) is 4.18. The molecule has 0 bridgehead atoms. The first-order valence-corrected chi connectivity index (χ1v) is 5.96. The molecule has 0 aliphatic heterocycles. The number of hydrogen-bond donors (Lipinski definition) is 1. The number of halogens is 1. The van der Waals surface area contributed by atoms with Crippen LogP contribution in [0.25, 0.3) is 0 Å². The van der Waals surface area contributed by atoms with E-state index in [-0.39, 0.29) is 0 Å². The van der Waals surface area contributed by atoms with Crippen molar-refractivity contribution < 1.29 is 4.74 Å². The Morgan fingerprint density at radius 2 is 2.38 bits per heavy atom. The third-order valence-electron chi connectivity index (χ3n) is 1.81. The van der Waals surface area contributed by atoms with E-state index in [0.717, 1.165) is 23.0 Å². The van der Waals surface area contributed by atoms with E-state index < -0.39 is 0 Å². The molecule has 1 aromatic rings. The average molecular weight is 286 g/mol. The molecule has 0 atom stereocenters. The normalized spacial score (nSPS) is 9.94. The highest BCUT2D eigenvalue weighted by molar-refractivity contribution is 9.10. The second kappa shape index (κ2) is 6.48. The fourth-order valence-electron chi connectivity index (χ4n) is 1.02. The van der Waals surface area contributed by atoms with Crippen molar-refractivity contribution in [3.8, 4) is 5.88 Å². The van der Waals surface area contributed by atoms with Gasteiger partial charge in [-0.3, -0.25) is 0 Å². The summed E-state index contributed by atoms with van der Waals surface area (Å²) in [7, 11) is 0. The topological polar surface area (TPSA) is 47.0 Å². The van der Waals surface area contributed by atoms with Crippen LogP contribution in [0.1, 0.15) is 20.3 Å². The number of aromatic nitrogens is 2. The molecule has 0 radical (unpaired) electrons. The first-order chi connectivity index (χ1) is 7.63. The fourth-order valence-corrected chi connectivity index (χ4v) is 1.32. The molecule has 16 heavy (non-hydrogen) atoms. The van der Waals surface area contributed by atoms with Gasteiger partial charge in [0.25, 0.3) is 0 Å². The molecule has 0 unspecified atom stereocenters. The molecule has 1 N–H and O–H groups in total. The first kappa shape index (κ1) is 13.0. The van der Waals surface area contributed by atoms with Crippen molar-refractivity contribution in [3.63, 3.8) is 0 Å². The molecule has 0 saturated heterocycles. The van der Waals surface area contributed by atoms with Crippen LogP contribution in [0.3, 0.4) is 0 Å². The monoisotopic (exact) mass is 285 g/mol. The molecular formula is C11H16BrN3O. The summed E-state index contributed by atoms with van der Waals surface area (Å²) >= 11 is 3.35. The number of nitrogens with one attached hydrogen (secondary N) is 1. The van der Waals surface area contributed by atoms with E-state index in [1.807, 2.05) is 13.8 Å². The van der Waals surface area contributed by atoms with Crippen molar-refractivity contribution in [2.24, 2.45) is 0 Å².